The third-order valence-electron chi connectivity index (χ3n) is 3.96. The second kappa shape index (κ2) is 5.74. The smallest absolute Gasteiger partial charge is 0.137 e. The lowest BCUT2D eigenvalue weighted by Crippen LogP contribution is -2.44. The van der Waals surface area contributed by atoms with Gasteiger partial charge in [-0.2, -0.15) is 0 Å². The topological polar surface area (TPSA) is 50.3 Å². The highest BCUT2D eigenvalue weighted by molar-refractivity contribution is 5.58. The van der Waals surface area contributed by atoms with Gasteiger partial charge in [0.2, 0.25) is 0 Å². The molecule has 2 unspecified atom stereocenters. The van der Waals surface area contributed by atoms with Gasteiger partial charge >= 0.3 is 0 Å². The molecular formula is C14H24N4O. The van der Waals surface area contributed by atoms with E-state index < -0.39 is 0 Å². The van der Waals surface area contributed by atoms with E-state index in [1.165, 1.54) is 0 Å². The van der Waals surface area contributed by atoms with Gasteiger partial charge in [-0.25, -0.2) is 9.97 Å². The number of aromatic nitrogens is 2. The SMILES string of the molecule is CNc1nc(C)nc(N2CCC(C)C(OC)C2)c1C. The second-order valence-corrected chi connectivity index (χ2v) is 5.30. The maximum atomic E-state index is 5.58. The summed E-state index contributed by atoms with van der Waals surface area (Å²) >= 11 is 0. The average Bonchev–Trinajstić information content (AvgIpc) is 2.41. The second-order valence-electron chi connectivity index (χ2n) is 5.30. The Morgan fingerprint density at radius 2 is 2.05 bits per heavy atom. The third-order valence-corrected chi connectivity index (χ3v) is 3.96. The van der Waals surface area contributed by atoms with E-state index in [-0.39, 0.29) is 6.10 Å². The van der Waals surface area contributed by atoms with Gasteiger partial charge in [0.1, 0.15) is 17.5 Å². The van der Waals surface area contributed by atoms with E-state index in [0.717, 1.165) is 42.5 Å². The molecule has 2 heterocycles. The largest absolute Gasteiger partial charge is 0.379 e. The van der Waals surface area contributed by atoms with Crippen LogP contribution in [0.2, 0.25) is 0 Å². The maximum absolute atomic E-state index is 5.58. The maximum Gasteiger partial charge on any atom is 0.137 e. The zero-order valence-corrected chi connectivity index (χ0v) is 12.5. The molecule has 0 amide bonds. The number of methoxy groups -OCH3 is 1. The van der Waals surface area contributed by atoms with Crippen LogP contribution in [-0.2, 0) is 4.74 Å². The number of ether oxygens (including phenoxy) is 1. The summed E-state index contributed by atoms with van der Waals surface area (Å²) < 4.78 is 5.58. The minimum Gasteiger partial charge on any atom is -0.379 e. The highest BCUT2D eigenvalue weighted by Gasteiger charge is 2.28. The fraction of sp³-hybridized carbons (Fsp3) is 0.714. The first-order chi connectivity index (χ1) is 9.06. The van der Waals surface area contributed by atoms with Crippen molar-refractivity contribution in [1.82, 2.24) is 9.97 Å². The lowest BCUT2D eigenvalue weighted by molar-refractivity contribution is 0.0496. The fourth-order valence-corrected chi connectivity index (χ4v) is 2.70. The summed E-state index contributed by atoms with van der Waals surface area (Å²) in [5.41, 5.74) is 1.11. The predicted molar refractivity (Wildman–Crippen MR) is 77.8 cm³/mol. The minimum atomic E-state index is 0.279. The van der Waals surface area contributed by atoms with Gasteiger partial charge in [0.05, 0.1) is 6.10 Å². The molecule has 2 rings (SSSR count). The Morgan fingerprint density at radius 1 is 1.32 bits per heavy atom. The number of nitrogens with zero attached hydrogens (tertiary/aromatic N) is 3. The summed E-state index contributed by atoms with van der Waals surface area (Å²) in [7, 11) is 3.69. The Hall–Kier alpha value is -1.36. The Balaban J connectivity index is 2.29. The summed E-state index contributed by atoms with van der Waals surface area (Å²) in [6.07, 6.45) is 1.41. The van der Waals surface area contributed by atoms with E-state index in [1.807, 2.05) is 14.0 Å². The molecule has 0 bridgehead atoms. The third kappa shape index (κ3) is 2.81. The van der Waals surface area contributed by atoms with Crippen molar-refractivity contribution in [2.24, 2.45) is 5.92 Å². The molecule has 1 fully saturated rings. The Morgan fingerprint density at radius 3 is 2.68 bits per heavy atom. The molecule has 19 heavy (non-hydrogen) atoms. The molecule has 1 aromatic rings. The van der Waals surface area contributed by atoms with Gasteiger partial charge in [-0.3, -0.25) is 0 Å². The van der Waals surface area contributed by atoms with Crippen molar-refractivity contribution in [2.45, 2.75) is 33.3 Å². The van der Waals surface area contributed by atoms with Crippen LogP contribution in [0.15, 0.2) is 0 Å². The molecule has 0 radical (unpaired) electrons. The quantitative estimate of drug-likeness (QED) is 0.905. The number of hydrogen-bond acceptors (Lipinski definition) is 5. The standard InChI is InChI=1S/C14H24N4O/c1-9-6-7-18(8-12(9)19-5)14-10(2)13(15-4)16-11(3)17-14/h9,12H,6-8H2,1-5H3,(H,15,16,17). The molecular weight excluding hydrogens is 240 g/mol. The first-order valence-corrected chi connectivity index (χ1v) is 6.87. The molecule has 1 aliphatic heterocycles. The van der Waals surface area contributed by atoms with Crippen LogP contribution < -0.4 is 10.2 Å². The molecule has 5 heteroatoms. The molecule has 0 spiro atoms. The number of anilines is 2. The number of hydrogen-bond donors (Lipinski definition) is 1. The monoisotopic (exact) mass is 264 g/mol. The van der Waals surface area contributed by atoms with Gasteiger partial charge in [0.15, 0.2) is 0 Å². The fourth-order valence-electron chi connectivity index (χ4n) is 2.70. The molecule has 0 aliphatic carbocycles. The first kappa shape index (κ1) is 14.1. The van der Waals surface area contributed by atoms with E-state index in [9.17, 15) is 0 Å². The van der Waals surface area contributed by atoms with E-state index in [1.54, 1.807) is 7.11 Å². The normalized spacial score (nSPS) is 23.5. The van der Waals surface area contributed by atoms with E-state index in [2.05, 4.69) is 34.0 Å². The molecule has 5 nitrogen and oxygen atoms in total. The molecule has 2 atom stereocenters. The van der Waals surface area contributed by atoms with Gasteiger partial charge < -0.3 is 15.0 Å². The van der Waals surface area contributed by atoms with Gasteiger partial charge in [0, 0.05) is 32.8 Å². The van der Waals surface area contributed by atoms with Gasteiger partial charge in [0.25, 0.3) is 0 Å². The Labute approximate surface area is 115 Å². The van der Waals surface area contributed by atoms with Crippen molar-refractivity contribution in [2.75, 3.05) is 37.5 Å². The van der Waals surface area contributed by atoms with Crippen LogP contribution in [0, 0.1) is 19.8 Å². The summed E-state index contributed by atoms with van der Waals surface area (Å²) in [4.78, 5) is 11.4. The molecule has 1 aliphatic rings. The number of piperidine rings is 1. The highest BCUT2D eigenvalue weighted by Crippen LogP contribution is 2.28. The zero-order chi connectivity index (χ0) is 14.0. The first-order valence-electron chi connectivity index (χ1n) is 6.87. The van der Waals surface area contributed by atoms with Crippen molar-refractivity contribution >= 4 is 11.6 Å². The zero-order valence-electron chi connectivity index (χ0n) is 12.5. The molecule has 1 aromatic heterocycles. The van der Waals surface area contributed by atoms with E-state index >= 15 is 0 Å². The highest BCUT2D eigenvalue weighted by atomic mass is 16.5. The molecule has 1 saturated heterocycles. The van der Waals surface area contributed by atoms with Gasteiger partial charge in [-0.15, -0.1) is 0 Å². The molecule has 0 saturated carbocycles. The molecule has 106 valence electrons. The molecule has 1 N–H and O–H groups in total. The predicted octanol–water partition coefficient (Wildman–Crippen LogP) is 2.00. The summed E-state index contributed by atoms with van der Waals surface area (Å²) in [5.74, 6) is 3.35. The average molecular weight is 264 g/mol. The minimum absolute atomic E-state index is 0.279. The van der Waals surface area contributed by atoms with Crippen LogP contribution in [0.25, 0.3) is 0 Å². The lowest BCUT2D eigenvalue weighted by Gasteiger charge is -2.37. The van der Waals surface area contributed by atoms with Gasteiger partial charge in [-0.05, 0) is 26.2 Å². The summed E-state index contributed by atoms with van der Waals surface area (Å²) in [5, 5.41) is 3.14. The van der Waals surface area contributed by atoms with Crippen LogP contribution in [0.1, 0.15) is 24.7 Å². The summed E-state index contributed by atoms with van der Waals surface area (Å²) in [6.45, 7) is 8.19. The van der Waals surface area contributed by atoms with Crippen LogP contribution in [0.4, 0.5) is 11.6 Å². The Bertz CT molecular complexity index is 449. The molecule has 0 aromatic carbocycles. The van der Waals surface area contributed by atoms with Crippen LogP contribution in [-0.4, -0.2) is 43.3 Å². The number of aryl methyl sites for hydroxylation is 1. The van der Waals surface area contributed by atoms with Crippen molar-refractivity contribution in [3.63, 3.8) is 0 Å². The van der Waals surface area contributed by atoms with Gasteiger partial charge in [-0.1, -0.05) is 6.92 Å². The van der Waals surface area contributed by atoms with Crippen molar-refractivity contribution in [1.29, 1.82) is 0 Å². The number of rotatable bonds is 3. The van der Waals surface area contributed by atoms with Crippen LogP contribution in [0.5, 0.6) is 0 Å². The van der Waals surface area contributed by atoms with Crippen molar-refractivity contribution in [3.05, 3.63) is 11.4 Å². The lowest BCUT2D eigenvalue weighted by atomic mass is 9.95. The number of nitrogens with one attached hydrogen (secondary N) is 1. The van der Waals surface area contributed by atoms with Crippen molar-refractivity contribution in [3.8, 4) is 0 Å². The van der Waals surface area contributed by atoms with E-state index in [4.69, 9.17) is 4.74 Å². The van der Waals surface area contributed by atoms with Crippen LogP contribution in [0.3, 0.4) is 0 Å². The van der Waals surface area contributed by atoms with Crippen molar-refractivity contribution < 1.29 is 4.74 Å². The van der Waals surface area contributed by atoms with E-state index in [0.29, 0.717) is 5.92 Å². The summed E-state index contributed by atoms with van der Waals surface area (Å²) in [6, 6.07) is 0. The Kier molecular flexibility index (Phi) is 4.24. The van der Waals surface area contributed by atoms with Crippen LogP contribution >= 0.6 is 0 Å².